The molecule has 1 aromatic heterocycles. The van der Waals surface area contributed by atoms with Gasteiger partial charge in [0.05, 0.1) is 11.4 Å². The molecule has 3 N–H and O–H groups in total. The van der Waals surface area contributed by atoms with Gasteiger partial charge in [0.1, 0.15) is 4.88 Å². The number of carbonyl (C=O) groups excluding carboxylic acids is 3. The quantitative estimate of drug-likeness (QED) is 0.531. The summed E-state index contributed by atoms with van der Waals surface area (Å²) < 4.78 is 5.18. The summed E-state index contributed by atoms with van der Waals surface area (Å²) in [6.07, 6.45) is 3.12. The number of para-hydroxylation sites is 1. The molecule has 0 aliphatic heterocycles. The van der Waals surface area contributed by atoms with Crippen LogP contribution in [-0.2, 0) is 27.2 Å². The van der Waals surface area contributed by atoms with Crippen LogP contribution in [0.2, 0.25) is 0 Å². The Morgan fingerprint density at radius 3 is 2.89 bits per heavy atom. The Hall–Kier alpha value is -2.32. The van der Waals surface area contributed by atoms with Crippen molar-refractivity contribution in [2.24, 2.45) is 11.7 Å². The number of carbonyl (C=O) groups is 3. The van der Waals surface area contributed by atoms with Gasteiger partial charge in [-0.05, 0) is 48.9 Å². The van der Waals surface area contributed by atoms with Gasteiger partial charge >= 0.3 is 5.97 Å². The molecular formula is C20H22N2O4S2. The third-order valence-electron chi connectivity index (χ3n) is 4.40. The number of rotatable bonds is 7. The normalized spacial score (nSPS) is 15.5. The van der Waals surface area contributed by atoms with Gasteiger partial charge in [0.2, 0.25) is 5.91 Å². The van der Waals surface area contributed by atoms with E-state index in [0.717, 1.165) is 24.2 Å². The maximum atomic E-state index is 12.3. The lowest BCUT2D eigenvalue weighted by atomic mass is 9.90. The third-order valence-corrected chi connectivity index (χ3v) is 6.71. The van der Waals surface area contributed by atoms with E-state index in [2.05, 4.69) is 12.2 Å². The number of ether oxygens (including phenoxy) is 1. The highest BCUT2D eigenvalue weighted by atomic mass is 32.2. The number of primary amides is 1. The van der Waals surface area contributed by atoms with Crippen molar-refractivity contribution in [1.82, 2.24) is 0 Å². The van der Waals surface area contributed by atoms with Crippen LogP contribution in [0, 0.1) is 5.92 Å². The molecule has 3 rings (SSSR count). The molecular weight excluding hydrogens is 396 g/mol. The molecule has 0 spiro atoms. The van der Waals surface area contributed by atoms with Gasteiger partial charge in [0, 0.05) is 9.77 Å². The number of hydrogen-bond acceptors (Lipinski definition) is 6. The van der Waals surface area contributed by atoms with Crippen molar-refractivity contribution in [2.75, 3.05) is 17.7 Å². The van der Waals surface area contributed by atoms with Crippen LogP contribution in [-0.4, -0.2) is 30.1 Å². The van der Waals surface area contributed by atoms with E-state index < -0.39 is 17.8 Å². The maximum absolute atomic E-state index is 12.3. The van der Waals surface area contributed by atoms with E-state index in [4.69, 9.17) is 10.5 Å². The van der Waals surface area contributed by atoms with Gasteiger partial charge in [-0.2, -0.15) is 0 Å². The van der Waals surface area contributed by atoms with Crippen molar-refractivity contribution in [2.45, 2.75) is 31.1 Å². The van der Waals surface area contributed by atoms with Crippen LogP contribution >= 0.6 is 23.1 Å². The molecule has 1 atom stereocenters. The highest BCUT2D eigenvalue weighted by Gasteiger charge is 2.22. The minimum absolute atomic E-state index is 0.115. The summed E-state index contributed by atoms with van der Waals surface area (Å²) in [6, 6.07) is 8.97. The predicted molar refractivity (Wildman–Crippen MR) is 111 cm³/mol. The van der Waals surface area contributed by atoms with Gasteiger partial charge in [0.25, 0.3) is 5.91 Å². The summed E-state index contributed by atoms with van der Waals surface area (Å²) in [5.41, 5.74) is 6.94. The largest absolute Gasteiger partial charge is 0.451 e. The number of amides is 2. The van der Waals surface area contributed by atoms with E-state index in [-0.39, 0.29) is 12.4 Å². The van der Waals surface area contributed by atoms with Gasteiger partial charge in [-0.1, -0.05) is 19.1 Å². The van der Waals surface area contributed by atoms with Gasteiger partial charge < -0.3 is 15.8 Å². The van der Waals surface area contributed by atoms with Gasteiger partial charge in [0.15, 0.2) is 6.61 Å². The first-order chi connectivity index (χ1) is 13.4. The van der Waals surface area contributed by atoms with Crippen molar-refractivity contribution < 1.29 is 19.1 Å². The van der Waals surface area contributed by atoms with Crippen molar-refractivity contribution in [1.29, 1.82) is 0 Å². The lowest BCUT2D eigenvalue weighted by molar-refractivity contribution is -0.119. The zero-order valence-corrected chi connectivity index (χ0v) is 17.2. The fourth-order valence-corrected chi connectivity index (χ4v) is 4.89. The Kier molecular flexibility index (Phi) is 6.74. The number of thiophene rings is 1. The molecule has 0 bridgehead atoms. The second-order valence-electron chi connectivity index (χ2n) is 6.78. The molecule has 0 radical (unpaired) electrons. The number of nitrogens with two attached hydrogens (primary N) is 1. The molecule has 28 heavy (non-hydrogen) atoms. The number of hydrogen-bond donors (Lipinski definition) is 2. The molecule has 1 aliphatic carbocycles. The van der Waals surface area contributed by atoms with E-state index in [1.807, 2.05) is 6.07 Å². The molecule has 2 amide bonds. The van der Waals surface area contributed by atoms with Gasteiger partial charge in [-0.3, -0.25) is 9.59 Å². The fourth-order valence-electron chi connectivity index (χ4n) is 3.04. The molecule has 2 aromatic rings. The minimum Gasteiger partial charge on any atom is -0.451 e. The first-order valence-corrected chi connectivity index (χ1v) is 10.8. The van der Waals surface area contributed by atoms with Gasteiger partial charge in [-0.15, -0.1) is 23.1 Å². The predicted octanol–water partition coefficient (Wildman–Crippen LogP) is 3.25. The van der Waals surface area contributed by atoms with Crippen LogP contribution < -0.4 is 11.1 Å². The Morgan fingerprint density at radius 2 is 2.11 bits per heavy atom. The molecule has 6 nitrogen and oxygen atoms in total. The van der Waals surface area contributed by atoms with E-state index in [1.54, 1.807) is 24.3 Å². The molecule has 0 saturated carbocycles. The summed E-state index contributed by atoms with van der Waals surface area (Å²) in [4.78, 5) is 38.0. The summed E-state index contributed by atoms with van der Waals surface area (Å²) in [5, 5.41) is 2.71. The molecule has 1 heterocycles. The molecule has 1 aliphatic rings. The third kappa shape index (κ3) is 5.36. The Bertz CT molecular complexity index is 894. The summed E-state index contributed by atoms with van der Waals surface area (Å²) >= 11 is 2.70. The fraction of sp³-hybridized carbons (Fsp3) is 0.350. The van der Waals surface area contributed by atoms with E-state index >= 15 is 0 Å². The van der Waals surface area contributed by atoms with E-state index in [1.165, 1.54) is 33.5 Å². The van der Waals surface area contributed by atoms with Crippen molar-refractivity contribution in [3.63, 3.8) is 0 Å². The summed E-state index contributed by atoms with van der Waals surface area (Å²) in [5.74, 6) is -0.602. The topological polar surface area (TPSA) is 98.5 Å². The van der Waals surface area contributed by atoms with Crippen LogP contribution in [0.3, 0.4) is 0 Å². The van der Waals surface area contributed by atoms with E-state index in [0.29, 0.717) is 16.5 Å². The smallest absolute Gasteiger partial charge is 0.348 e. The van der Waals surface area contributed by atoms with Crippen molar-refractivity contribution in [3.8, 4) is 0 Å². The zero-order valence-electron chi connectivity index (χ0n) is 15.5. The van der Waals surface area contributed by atoms with Gasteiger partial charge in [-0.25, -0.2) is 4.79 Å². The lowest BCUT2D eigenvalue weighted by Gasteiger charge is -2.16. The average Bonchev–Trinajstić information content (AvgIpc) is 3.08. The number of aryl methyl sites for hydroxylation is 1. The molecule has 1 aromatic carbocycles. The summed E-state index contributed by atoms with van der Waals surface area (Å²) in [6.45, 7) is 1.84. The van der Waals surface area contributed by atoms with Crippen LogP contribution in [0.15, 0.2) is 35.2 Å². The van der Waals surface area contributed by atoms with E-state index in [9.17, 15) is 14.4 Å². The Labute approximate surface area is 171 Å². The molecule has 0 fully saturated rings. The monoisotopic (exact) mass is 418 g/mol. The van der Waals surface area contributed by atoms with Crippen LogP contribution in [0.25, 0.3) is 0 Å². The average molecular weight is 419 g/mol. The first kappa shape index (κ1) is 20.4. The number of esters is 1. The summed E-state index contributed by atoms with van der Waals surface area (Å²) in [7, 11) is 0. The minimum atomic E-state index is -0.474. The molecule has 0 saturated heterocycles. The number of anilines is 1. The second kappa shape index (κ2) is 9.25. The highest BCUT2D eigenvalue weighted by molar-refractivity contribution is 8.00. The lowest BCUT2D eigenvalue weighted by Crippen LogP contribution is -2.21. The number of thioether (sulfide) groups is 1. The Morgan fingerprint density at radius 1 is 1.32 bits per heavy atom. The number of fused-ring (bicyclic) bond motifs is 1. The zero-order chi connectivity index (χ0) is 20.1. The van der Waals surface area contributed by atoms with Crippen molar-refractivity contribution >= 4 is 46.6 Å². The molecule has 0 unspecified atom stereocenters. The number of benzene rings is 1. The SMILES string of the molecule is C[C@H]1CCc2sc(C(=O)OCC(=O)Nc3ccccc3SCC(N)=O)cc2C1. The van der Waals surface area contributed by atoms with Crippen LogP contribution in [0.4, 0.5) is 5.69 Å². The number of nitrogens with one attached hydrogen (secondary N) is 1. The first-order valence-electron chi connectivity index (χ1n) is 9.01. The van der Waals surface area contributed by atoms with Crippen molar-refractivity contribution in [3.05, 3.63) is 45.6 Å². The maximum Gasteiger partial charge on any atom is 0.348 e. The second-order valence-corrected chi connectivity index (χ2v) is 8.94. The highest BCUT2D eigenvalue weighted by Crippen LogP contribution is 2.32. The van der Waals surface area contributed by atoms with Crippen LogP contribution in [0.5, 0.6) is 0 Å². The Balaban J connectivity index is 1.55. The van der Waals surface area contributed by atoms with Crippen LogP contribution in [0.1, 0.15) is 33.5 Å². The standard InChI is InChI=1S/C20H22N2O4S2/c1-12-6-7-15-13(8-12)9-17(28-15)20(25)26-10-19(24)22-14-4-2-3-5-16(14)27-11-18(21)23/h2-5,9,12H,6-8,10-11H2,1H3,(H2,21,23)(H,22,24)/t12-/m0/s1. The molecule has 148 valence electrons. The molecule has 8 heteroatoms.